The van der Waals surface area contributed by atoms with E-state index in [0.717, 1.165) is 36.0 Å². The zero-order valence-corrected chi connectivity index (χ0v) is 16.1. The number of benzene rings is 1. The number of fused-ring (bicyclic) bond motifs is 1. The van der Waals surface area contributed by atoms with Crippen molar-refractivity contribution in [2.45, 2.75) is 55.9 Å². The summed E-state index contributed by atoms with van der Waals surface area (Å²) in [5.41, 5.74) is 0.558. The molecule has 4 aliphatic carbocycles. The first-order chi connectivity index (χ1) is 11.9. The van der Waals surface area contributed by atoms with Crippen molar-refractivity contribution >= 4 is 32.9 Å². The fraction of sp³-hybridized carbons (Fsp3) is 0.571. The van der Waals surface area contributed by atoms with Gasteiger partial charge in [-0.1, -0.05) is 34.1 Å². The van der Waals surface area contributed by atoms with Crippen molar-refractivity contribution in [3.05, 3.63) is 36.1 Å². The molecule has 0 amide bonds. The average molecular weight is 403 g/mol. The molecule has 0 N–H and O–H groups in total. The van der Waals surface area contributed by atoms with Crippen LogP contribution in [-0.4, -0.2) is 10.3 Å². The standard InChI is InChI=1S/C21H23BrO3/c1-13(18-7-16-4-2-3-5-17(16)25-18)24-19(23)20-8-14-6-15(9-20)11-21(22,10-14)12-20/h2-5,7,13-15H,6,8-12H2,1H3/t13-,14+,15+,20?,21?/m0/s1. The fourth-order valence-electron chi connectivity index (χ4n) is 5.94. The molecule has 0 spiro atoms. The van der Waals surface area contributed by atoms with Crippen LogP contribution in [0.1, 0.15) is 57.3 Å². The quantitative estimate of drug-likeness (QED) is 0.482. The lowest BCUT2D eigenvalue weighted by molar-refractivity contribution is -0.175. The van der Waals surface area contributed by atoms with Crippen LogP contribution in [0.5, 0.6) is 0 Å². The van der Waals surface area contributed by atoms with Crippen molar-refractivity contribution in [2.24, 2.45) is 17.3 Å². The lowest BCUT2D eigenvalue weighted by Crippen LogP contribution is -2.56. The van der Waals surface area contributed by atoms with Gasteiger partial charge in [-0.15, -0.1) is 0 Å². The van der Waals surface area contributed by atoms with Crippen molar-refractivity contribution < 1.29 is 13.9 Å². The van der Waals surface area contributed by atoms with Crippen LogP contribution in [0.4, 0.5) is 0 Å². The lowest BCUT2D eigenvalue weighted by Gasteiger charge is -2.58. The molecule has 132 valence electrons. The maximum atomic E-state index is 13.2. The van der Waals surface area contributed by atoms with Crippen LogP contribution in [0, 0.1) is 17.3 Å². The summed E-state index contributed by atoms with van der Waals surface area (Å²) in [4.78, 5) is 13.2. The molecule has 0 saturated heterocycles. The van der Waals surface area contributed by atoms with Crippen LogP contribution in [0.25, 0.3) is 11.0 Å². The fourth-order valence-corrected chi connectivity index (χ4v) is 7.39. The van der Waals surface area contributed by atoms with Gasteiger partial charge in [-0.3, -0.25) is 4.79 Å². The van der Waals surface area contributed by atoms with Crippen molar-refractivity contribution in [2.75, 3.05) is 0 Å². The Morgan fingerprint density at radius 1 is 1.24 bits per heavy atom. The second kappa shape index (κ2) is 5.35. The van der Waals surface area contributed by atoms with E-state index in [1.165, 1.54) is 19.3 Å². The molecule has 1 heterocycles. The Morgan fingerprint density at radius 2 is 1.96 bits per heavy atom. The molecule has 4 aliphatic rings. The molecule has 3 atom stereocenters. The van der Waals surface area contributed by atoms with Crippen LogP contribution in [-0.2, 0) is 9.53 Å². The summed E-state index contributed by atoms with van der Waals surface area (Å²) in [5, 5.41) is 1.05. The van der Waals surface area contributed by atoms with Crippen LogP contribution < -0.4 is 0 Å². The number of rotatable bonds is 3. The van der Waals surface area contributed by atoms with Gasteiger partial charge in [-0.05, 0) is 69.4 Å². The van der Waals surface area contributed by atoms with Crippen molar-refractivity contribution in [1.29, 1.82) is 0 Å². The van der Waals surface area contributed by atoms with E-state index < -0.39 is 0 Å². The molecular formula is C21H23BrO3. The molecule has 25 heavy (non-hydrogen) atoms. The Morgan fingerprint density at radius 3 is 2.64 bits per heavy atom. The first-order valence-corrected chi connectivity index (χ1v) is 10.1. The topological polar surface area (TPSA) is 39.4 Å². The van der Waals surface area contributed by atoms with E-state index in [9.17, 15) is 4.79 Å². The third-order valence-electron chi connectivity index (χ3n) is 6.55. The van der Waals surface area contributed by atoms with E-state index in [2.05, 4.69) is 15.9 Å². The Bertz CT molecular complexity index is 792. The molecule has 1 aromatic carbocycles. The van der Waals surface area contributed by atoms with E-state index in [4.69, 9.17) is 9.15 Å². The first-order valence-electron chi connectivity index (χ1n) is 9.33. The summed E-state index contributed by atoms with van der Waals surface area (Å²) in [6.07, 6.45) is 6.32. The van der Waals surface area contributed by atoms with Gasteiger partial charge in [0.15, 0.2) is 6.10 Å². The highest BCUT2D eigenvalue weighted by Crippen LogP contribution is 2.64. The van der Waals surface area contributed by atoms with Crippen molar-refractivity contribution in [3.8, 4) is 0 Å². The number of hydrogen-bond acceptors (Lipinski definition) is 3. The zero-order chi connectivity index (χ0) is 17.2. The minimum atomic E-state index is -0.348. The van der Waals surface area contributed by atoms with Gasteiger partial charge in [0.1, 0.15) is 11.3 Å². The van der Waals surface area contributed by atoms with Crippen LogP contribution >= 0.6 is 15.9 Å². The highest BCUT2D eigenvalue weighted by atomic mass is 79.9. The van der Waals surface area contributed by atoms with Crippen molar-refractivity contribution in [1.82, 2.24) is 0 Å². The lowest BCUT2D eigenvalue weighted by atomic mass is 9.49. The van der Waals surface area contributed by atoms with Gasteiger partial charge in [-0.25, -0.2) is 0 Å². The molecule has 2 aromatic rings. The summed E-state index contributed by atoms with van der Waals surface area (Å²) >= 11 is 3.97. The zero-order valence-electron chi connectivity index (χ0n) is 14.5. The second-order valence-electron chi connectivity index (χ2n) is 8.63. The van der Waals surface area contributed by atoms with E-state index in [-0.39, 0.29) is 21.8 Å². The maximum Gasteiger partial charge on any atom is 0.312 e. The number of carbonyl (C=O) groups is 1. The van der Waals surface area contributed by atoms with Gasteiger partial charge in [0.05, 0.1) is 5.41 Å². The predicted molar refractivity (Wildman–Crippen MR) is 99.5 cm³/mol. The number of alkyl halides is 1. The Hall–Kier alpha value is -1.29. The SMILES string of the molecule is C[C@H](OC(=O)C12C[C@H]3C[C@@H](CC(Br)(C3)C1)C2)c1cc2ccccc2o1. The smallest absolute Gasteiger partial charge is 0.312 e. The van der Waals surface area contributed by atoms with Crippen molar-refractivity contribution in [3.63, 3.8) is 0 Å². The van der Waals surface area contributed by atoms with Crippen LogP contribution in [0.15, 0.2) is 34.7 Å². The van der Waals surface area contributed by atoms with Crippen LogP contribution in [0.2, 0.25) is 0 Å². The highest BCUT2D eigenvalue weighted by Gasteiger charge is 2.60. The first kappa shape index (κ1) is 15.9. The summed E-state index contributed by atoms with van der Waals surface area (Å²) in [5.74, 6) is 2.07. The number of furan rings is 1. The largest absolute Gasteiger partial charge is 0.457 e. The van der Waals surface area contributed by atoms with Gasteiger partial charge < -0.3 is 9.15 Å². The summed E-state index contributed by atoms with van der Waals surface area (Å²) < 4.78 is 12.0. The molecule has 4 heteroatoms. The number of para-hydroxylation sites is 1. The number of hydrogen-bond donors (Lipinski definition) is 0. The number of ether oxygens (including phenoxy) is 1. The summed E-state index contributed by atoms with van der Waals surface area (Å²) in [6, 6.07) is 9.89. The molecule has 0 radical (unpaired) electrons. The second-order valence-corrected chi connectivity index (χ2v) is 10.3. The van der Waals surface area contributed by atoms with E-state index >= 15 is 0 Å². The monoisotopic (exact) mass is 402 g/mol. The molecule has 3 nitrogen and oxygen atoms in total. The molecule has 0 unspecified atom stereocenters. The summed E-state index contributed by atoms with van der Waals surface area (Å²) in [6.45, 7) is 1.92. The highest BCUT2D eigenvalue weighted by molar-refractivity contribution is 9.10. The summed E-state index contributed by atoms with van der Waals surface area (Å²) in [7, 11) is 0. The third kappa shape index (κ3) is 2.56. The normalized spacial score (nSPS) is 37.4. The van der Waals surface area contributed by atoms with Gasteiger partial charge in [-0.2, -0.15) is 0 Å². The molecule has 0 aliphatic heterocycles. The van der Waals surface area contributed by atoms with Gasteiger partial charge in [0.2, 0.25) is 0 Å². The van der Waals surface area contributed by atoms with E-state index in [0.29, 0.717) is 11.8 Å². The number of halogens is 1. The molecule has 1 aromatic heterocycles. The molecular weight excluding hydrogens is 380 g/mol. The van der Waals surface area contributed by atoms with E-state index in [1.807, 2.05) is 37.3 Å². The number of carbonyl (C=O) groups excluding carboxylic acids is 1. The molecule has 4 saturated carbocycles. The maximum absolute atomic E-state index is 13.2. The Kier molecular flexibility index (Phi) is 3.41. The van der Waals surface area contributed by atoms with E-state index in [1.54, 1.807) is 0 Å². The Labute approximate surface area is 156 Å². The van der Waals surface area contributed by atoms with Gasteiger partial charge in [0, 0.05) is 9.71 Å². The average Bonchev–Trinajstić information content (AvgIpc) is 2.96. The number of esters is 1. The van der Waals surface area contributed by atoms with Gasteiger partial charge in [0.25, 0.3) is 0 Å². The third-order valence-corrected chi connectivity index (χ3v) is 7.48. The molecule has 6 rings (SSSR count). The molecule has 4 fully saturated rings. The van der Waals surface area contributed by atoms with Crippen LogP contribution in [0.3, 0.4) is 0 Å². The minimum absolute atomic E-state index is 0.0154. The molecule has 4 bridgehead atoms. The predicted octanol–water partition coefficient (Wildman–Crippen LogP) is 5.77. The van der Waals surface area contributed by atoms with Gasteiger partial charge >= 0.3 is 5.97 Å². The Balaban J connectivity index is 1.38. The minimum Gasteiger partial charge on any atom is -0.457 e.